The van der Waals surface area contributed by atoms with Crippen molar-refractivity contribution in [1.29, 1.82) is 0 Å². The van der Waals surface area contributed by atoms with Gasteiger partial charge in [0.2, 0.25) is 0 Å². The number of hydrogen-bond donors (Lipinski definition) is 1. The van der Waals surface area contributed by atoms with Gasteiger partial charge in [-0.2, -0.15) is 15.4 Å². The van der Waals surface area contributed by atoms with E-state index in [1.165, 1.54) is 0 Å². The van der Waals surface area contributed by atoms with Crippen LogP contribution in [0.25, 0.3) is 0 Å². The smallest absolute Gasteiger partial charge is 0.135 e. The summed E-state index contributed by atoms with van der Waals surface area (Å²) in [5, 5.41) is 10.6. The lowest BCUT2D eigenvalue weighted by atomic mass is 9.92. The SMILES string of the molecule is CCCCOC1(c2cn[nH]n2)C=CC=CC1. The standard InChI is InChI=1S/C12H17N3O/c1-2-3-9-16-12(7-5-4-6-8-12)11-10-13-15-14-11/h4-7,10H,2-3,8-9H2,1H3,(H,13,14,15). The molecule has 0 aromatic carbocycles. The Bertz CT molecular complexity index is 370. The van der Waals surface area contributed by atoms with Crippen LogP contribution < -0.4 is 0 Å². The number of aromatic nitrogens is 3. The fraction of sp³-hybridized carbons (Fsp3) is 0.500. The van der Waals surface area contributed by atoms with E-state index in [2.05, 4.69) is 34.5 Å². The van der Waals surface area contributed by atoms with Crippen LogP contribution >= 0.6 is 0 Å². The van der Waals surface area contributed by atoms with Gasteiger partial charge in [0.15, 0.2) is 0 Å². The zero-order valence-electron chi connectivity index (χ0n) is 9.52. The number of allylic oxidation sites excluding steroid dienone is 2. The highest BCUT2D eigenvalue weighted by Crippen LogP contribution is 2.32. The van der Waals surface area contributed by atoms with E-state index in [0.29, 0.717) is 0 Å². The molecule has 1 N–H and O–H groups in total. The molecule has 0 saturated carbocycles. The predicted octanol–water partition coefficient (Wildman–Crippen LogP) is 2.33. The normalized spacial score (nSPS) is 23.8. The summed E-state index contributed by atoms with van der Waals surface area (Å²) >= 11 is 0. The molecule has 0 aliphatic heterocycles. The summed E-state index contributed by atoms with van der Waals surface area (Å²) < 4.78 is 5.99. The molecule has 1 aromatic heterocycles. The number of unbranched alkanes of at least 4 members (excludes halogenated alkanes) is 1. The van der Waals surface area contributed by atoms with E-state index >= 15 is 0 Å². The van der Waals surface area contributed by atoms with Crippen molar-refractivity contribution in [1.82, 2.24) is 15.4 Å². The van der Waals surface area contributed by atoms with Crippen molar-refractivity contribution in [3.63, 3.8) is 0 Å². The third kappa shape index (κ3) is 2.22. The lowest BCUT2D eigenvalue weighted by molar-refractivity contribution is -0.0157. The van der Waals surface area contributed by atoms with Crippen molar-refractivity contribution in [2.45, 2.75) is 31.8 Å². The van der Waals surface area contributed by atoms with Crippen LogP contribution in [0, 0.1) is 0 Å². The highest BCUT2D eigenvalue weighted by molar-refractivity contribution is 5.26. The van der Waals surface area contributed by atoms with Crippen LogP contribution in [0.15, 0.2) is 30.5 Å². The van der Waals surface area contributed by atoms with Crippen molar-refractivity contribution in [2.24, 2.45) is 0 Å². The highest BCUT2D eigenvalue weighted by Gasteiger charge is 2.32. The van der Waals surface area contributed by atoms with E-state index in [0.717, 1.165) is 31.6 Å². The Kier molecular flexibility index (Phi) is 3.51. The van der Waals surface area contributed by atoms with Crippen molar-refractivity contribution in [3.8, 4) is 0 Å². The fourth-order valence-electron chi connectivity index (χ4n) is 1.78. The van der Waals surface area contributed by atoms with Gasteiger partial charge in [-0.05, 0) is 12.5 Å². The molecule has 1 aliphatic carbocycles. The number of H-pyrrole nitrogens is 1. The van der Waals surface area contributed by atoms with Gasteiger partial charge in [-0.15, -0.1) is 0 Å². The molecule has 2 rings (SSSR count). The molecule has 1 unspecified atom stereocenters. The Hall–Kier alpha value is -1.42. The molecule has 0 spiro atoms. The van der Waals surface area contributed by atoms with Crippen molar-refractivity contribution >= 4 is 0 Å². The summed E-state index contributed by atoms with van der Waals surface area (Å²) in [6, 6.07) is 0. The van der Waals surface area contributed by atoms with Crippen LogP contribution in [-0.4, -0.2) is 22.0 Å². The number of nitrogens with one attached hydrogen (secondary N) is 1. The number of ether oxygens (including phenoxy) is 1. The maximum atomic E-state index is 5.99. The molecule has 16 heavy (non-hydrogen) atoms. The second-order valence-corrected chi connectivity index (χ2v) is 3.94. The maximum Gasteiger partial charge on any atom is 0.135 e. The van der Waals surface area contributed by atoms with E-state index in [9.17, 15) is 0 Å². The molecule has 1 heterocycles. The Labute approximate surface area is 95.4 Å². The van der Waals surface area contributed by atoms with Crippen LogP contribution in [-0.2, 0) is 10.3 Å². The number of aromatic amines is 1. The van der Waals surface area contributed by atoms with Gasteiger partial charge in [0.25, 0.3) is 0 Å². The van der Waals surface area contributed by atoms with Gasteiger partial charge in [-0.1, -0.05) is 31.6 Å². The molecule has 4 heteroatoms. The van der Waals surface area contributed by atoms with E-state index in [1.807, 2.05) is 12.2 Å². The zero-order valence-corrected chi connectivity index (χ0v) is 9.52. The van der Waals surface area contributed by atoms with Crippen LogP contribution in [0.5, 0.6) is 0 Å². The van der Waals surface area contributed by atoms with Gasteiger partial charge in [-0.25, -0.2) is 0 Å². The molecule has 0 fully saturated rings. The second-order valence-electron chi connectivity index (χ2n) is 3.94. The van der Waals surface area contributed by atoms with Gasteiger partial charge in [0.1, 0.15) is 11.3 Å². The fourth-order valence-corrected chi connectivity index (χ4v) is 1.78. The van der Waals surface area contributed by atoms with Crippen molar-refractivity contribution in [3.05, 3.63) is 36.2 Å². The molecule has 0 amide bonds. The molecular weight excluding hydrogens is 202 g/mol. The van der Waals surface area contributed by atoms with Crippen LogP contribution in [0.3, 0.4) is 0 Å². The Morgan fingerprint density at radius 1 is 1.50 bits per heavy atom. The first-order valence-electron chi connectivity index (χ1n) is 5.72. The van der Waals surface area contributed by atoms with E-state index in [4.69, 9.17) is 4.74 Å². The summed E-state index contributed by atoms with van der Waals surface area (Å²) in [5.74, 6) is 0. The van der Waals surface area contributed by atoms with Gasteiger partial charge in [0.05, 0.1) is 6.20 Å². The highest BCUT2D eigenvalue weighted by atomic mass is 16.5. The lowest BCUT2D eigenvalue weighted by Gasteiger charge is -2.29. The largest absolute Gasteiger partial charge is 0.364 e. The van der Waals surface area contributed by atoms with Gasteiger partial charge >= 0.3 is 0 Å². The van der Waals surface area contributed by atoms with Crippen LogP contribution in [0.2, 0.25) is 0 Å². The minimum Gasteiger partial charge on any atom is -0.364 e. The quantitative estimate of drug-likeness (QED) is 0.773. The maximum absolute atomic E-state index is 5.99. The Balaban J connectivity index is 2.13. The second kappa shape index (κ2) is 5.07. The number of nitrogens with zero attached hydrogens (tertiary/aromatic N) is 2. The van der Waals surface area contributed by atoms with Crippen LogP contribution in [0.1, 0.15) is 31.9 Å². The minimum absolute atomic E-state index is 0.420. The topological polar surface area (TPSA) is 50.8 Å². The summed E-state index contributed by atoms with van der Waals surface area (Å²) in [4.78, 5) is 0. The molecule has 4 nitrogen and oxygen atoms in total. The molecule has 1 aromatic rings. The van der Waals surface area contributed by atoms with E-state index < -0.39 is 5.60 Å². The van der Waals surface area contributed by atoms with Crippen LogP contribution in [0.4, 0.5) is 0 Å². The lowest BCUT2D eigenvalue weighted by Crippen LogP contribution is -2.29. The van der Waals surface area contributed by atoms with Gasteiger partial charge < -0.3 is 4.74 Å². The summed E-state index contributed by atoms with van der Waals surface area (Å²) in [7, 11) is 0. The van der Waals surface area contributed by atoms with Crippen molar-refractivity contribution < 1.29 is 4.74 Å². The van der Waals surface area contributed by atoms with Crippen molar-refractivity contribution in [2.75, 3.05) is 6.61 Å². The number of hydrogen-bond acceptors (Lipinski definition) is 3. The summed E-state index contributed by atoms with van der Waals surface area (Å²) in [6.45, 7) is 2.91. The predicted molar refractivity (Wildman–Crippen MR) is 61.8 cm³/mol. The molecular formula is C12H17N3O. The minimum atomic E-state index is -0.420. The molecule has 1 aliphatic rings. The Morgan fingerprint density at radius 3 is 3.06 bits per heavy atom. The molecule has 0 bridgehead atoms. The monoisotopic (exact) mass is 219 g/mol. The van der Waals surface area contributed by atoms with Gasteiger partial charge in [0, 0.05) is 13.0 Å². The Morgan fingerprint density at radius 2 is 2.44 bits per heavy atom. The summed E-state index contributed by atoms with van der Waals surface area (Å²) in [5.41, 5.74) is 0.431. The summed E-state index contributed by atoms with van der Waals surface area (Å²) in [6.07, 6.45) is 12.9. The zero-order chi connectivity index (χ0) is 11.3. The average molecular weight is 219 g/mol. The first-order valence-corrected chi connectivity index (χ1v) is 5.72. The molecule has 0 saturated heterocycles. The van der Waals surface area contributed by atoms with Gasteiger partial charge in [-0.3, -0.25) is 0 Å². The first kappa shape index (κ1) is 11.1. The average Bonchev–Trinajstić information content (AvgIpc) is 2.85. The molecule has 1 atom stereocenters. The molecule has 0 radical (unpaired) electrons. The van der Waals surface area contributed by atoms with E-state index in [1.54, 1.807) is 6.20 Å². The third-order valence-corrected chi connectivity index (χ3v) is 2.74. The first-order chi connectivity index (χ1) is 7.87. The third-order valence-electron chi connectivity index (χ3n) is 2.74. The number of rotatable bonds is 5. The van der Waals surface area contributed by atoms with E-state index in [-0.39, 0.29) is 0 Å². The molecule has 86 valence electrons.